The van der Waals surface area contributed by atoms with E-state index in [0.29, 0.717) is 12.1 Å². The lowest BCUT2D eigenvalue weighted by Crippen LogP contribution is -2.53. The van der Waals surface area contributed by atoms with Gasteiger partial charge in [-0.05, 0) is 62.1 Å². The Kier molecular flexibility index (Phi) is 7.65. The Bertz CT molecular complexity index is 1060. The molecule has 7 nitrogen and oxygen atoms in total. The minimum atomic E-state index is -0.787. The molecule has 9 heteroatoms. The molecule has 1 aromatic rings. The third kappa shape index (κ3) is 5.24. The SMILES string of the molecule is C[C@@H](O)[C@H]1C(=O)C2C(C(=O)OCOC(=O)C(C)(C)C)=C(SC3CN(Cc4ccc(F)cc4)C3)[C@H](C)[C@@H]21. The van der Waals surface area contributed by atoms with E-state index in [-0.39, 0.29) is 28.7 Å². The van der Waals surface area contributed by atoms with Gasteiger partial charge in [-0.3, -0.25) is 14.5 Å². The van der Waals surface area contributed by atoms with Gasteiger partial charge in [0.25, 0.3) is 0 Å². The van der Waals surface area contributed by atoms with Gasteiger partial charge in [-0.15, -0.1) is 11.8 Å². The van der Waals surface area contributed by atoms with Crippen LogP contribution in [0.4, 0.5) is 4.39 Å². The van der Waals surface area contributed by atoms with E-state index < -0.39 is 42.1 Å². The standard InChI is InChI=1S/C27H34FNO6S/c1-14-19-20(15(2)30)23(31)21(19)22(25(32)34-13-35-26(33)27(3,4)5)24(14)36-18-11-29(12-18)10-16-6-8-17(28)9-7-16/h6-9,14-15,18-21,30H,10-13H2,1-5H3/t14-,15-,19-,20-,21?/m1/s1. The molecule has 1 N–H and O–H groups in total. The summed E-state index contributed by atoms with van der Waals surface area (Å²) in [6, 6.07) is 6.46. The van der Waals surface area contributed by atoms with Crippen molar-refractivity contribution >= 4 is 29.5 Å². The molecule has 0 radical (unpaired) electrons. The first-order valence-corrected chi connectivity index (χ1v) is 13.2. The normalized spacial score (nSPS) is 27.2. The van der Waals surface area contributed by atoms with E-state index in [1.165, 1.54) is 12.1 Å². The van der Waals surface area contributed by atoms with Gasteiger partial charge in [-0.2, -0.15) is 0 Å². The molecule has 0 bridgehead atoms. The second-order valence-electron chi connectivity index (χ2n) is 11.1. The van der Waals surface area contributed by atoms with Crippen molar-refractivity contribution < 1.29 is 33.4 Å². The fourth-order valence-electron chi connectivity index (χ4n) is 5.33. The number of aliphatic hydroxyl groups is 1. The number of rotatable bonds is 8. The maximum atomic E-state index is 13.2. The highest BCUT2D eigenvalue weighted by atomic mass is 32.2. The van der Waals surface area contributed by atoms with Gasteiger partial charge in [-0.25, -0.2) is 9.18 Å². The Balaban J connectivity index is 1.43. The number of ether oxygens (including phenoxy) is 2. The topological polar surface area (TPSA) is 93.1 Å². The third-order valence-electron chi connectivity index (χ3n) is 7.27. The Labute approximate surface area is 215 Å². The van der Waals surface area contributed by atoms with E-state index in [2.05, 4.69) is 4.90 Å². The summed E-state index contributed by atoms with van der Waals surface area (Å²) in [6.45, 7) is 10.5. The highest BCUT2D eigenvalue weighted by molar-refractivity contribution is 8.03. The summed E-state index contributed by atoms with van der Waals surface area (Å²) in [4.78, 5) is 41.1. The van der Waals surface area contributed by atoms with E-state index in [1.807, 2.05) is 6.92 Å². The summed E-state index contributed by atoms with van der Waals surface area (Å²) < 4.78 is 23.6. The van der Waals surface area contributed by atoms with Gasteiger partial charge in [0.05, 0.1) is 23.0 Å². The van der Waals surface area contributed by atoms with Crippen LogP contribution in [-0.4, -0.2) is 59.0 Å². The number of Topliss-reactive ketones (excluding diaryl/α,β-unsaturated/α-hetero) is 1. The van der Waals surface area contributed by atoms with Crippen molar-refractivity contribution in [3.8, 4) is 0 Å². The molecule has 1 unspecified atom stereocenters. The third-order valence-corrected chi connectivity index (χ3v) is 8.75. The average molecular weight is 520 g/mol. The molecule has 3 aliphatic rings. The molecule has 196 valence electrons. The lowest BCUT2D eigenvalue weighted by molar-refractivity contribution is -0.172. The number of benzene rings is 1. The van der Waals surface area contributed by atoms with E-state index >= 15 is 0 Å². The van der Waals surface area contributed by atoms with Gasteiger partial charge in [0.15, 0.2) is 0 Å². The first kappa shape index (κ1) is 26.8. The van der Waals surface area contributed by atoms with Gasteiger partial charge in [0, 0.05) is 30.8 Å². The van der Waals surface area contributed by atoms with Crippen molar-refractivity contribution in [2.24, 2.45) is 29.1 Å². The Morgan fingerprint density at radius 3 is 2.42 bits per heavy atom. The summed E-state index contributed by atoms with van der Waals surface area (Å²) in [5.41, 5.74) is 0.659. The fourth-order valence-corrected chi connectivity index (χ4v) is 6.96. The maximum absolute atomic E-state index is 13.2. The van der Waals surface area contributed by atoms with Crippen molar-refractivity contribution in [1.29, 1.82) is 0 Å². The molecule has 1 saturated carbocycles. The fraction of sp³-hybridized carbons (Fsp3) is 0.593. The number of fused-ring (bicyclic) bond motifs is 1. The van der Waals surface area contributed by atoms with Crippen LogP contribution in [0.15, 0.2) is 34.7 Å². The van der Waals surface area contributed by atoms with Crippen LogP contribution in [0.5, 0.6) is 0 Å². The van der Waals surface area contributed by atoms with Gasteiger partial charge in [0.1, 0.15) is 11.6 Å². The molecule has 36 heavy (non-hydrogen) atoms. The lowest BCUT2D eigenvalue weighted by Gasteiger charge is -2.43. The van der Waals surface area contributed by atoms with Crippen molar-refractivity contribution in [1.82, 2.24) is 4.90 Å². The molecular weight excluding hydrogens is 485 g/mol. The quantitative estimate of drug-likeness (QED) is 0.412. The van der Waals surface area contributed by atoms with E-state index in [4.69, 9.17) is 9.47 Å². The Hall–Kier alpha value is -2.23. The number of carbonyl (C=O) groups excluding carboxylic acids is 3. The number of nitrogens with zero attached hydrogens (tertiary/aromatic N) is 1. The number of ketones is 1. The van der Waals surface area contributed by atoms with Crippen LogP contribution in [0.25, 0.3) is 0 Å². The number of aliphatic hydroxyl groups excluding tert-OH is 1. The molecule has 1 aliphatic heterocycles. The van der Waals surface area contributed by atoms with Crippen LogP contribution in [0.1, 0.15) is 40.2 Å². The zero-order valence-electron chi connectivity index (χ0n) is 21.3. The monoisotopic (exact) mass is 519 g/mol. The summed E-state index contributed by atoms with van der Waals surface area (Å²) in [7, 11) is 0. The van der Waals surface area contributed by atoms with Crippen LogP contribution >= 0.6 is 11.8 Å². The van der Waals surface area contributed by atoms with Gasteiger partial charge >= 0.3 is 11.9 Å². The molecule has 4 rings (SSSR count). The van der Waals surface area contributed by atoms with Crippen molar-refractivity contribution in [2.75, 3.05) is 19.9 Å². The molecule has 5 atom stereocenters. The average Bonchev–Trinajstić information content (AvgIpc) is 3.00. The molecule has 1 saturated heterocycles. The van der Waals surface area contributed by atoms with Crippen molar-refractivity contribution in [3.05, 3.63) is 46.1 Å². The minimum Gasteiger partial charge on any atom is -0.427 e. The highest BCUT2D eigenvalue weighted by Crippen LogP contribution is 2.59. The van der Waals surface area contributed by atoms with Crippen LogP contribution in [0, 0.1) is 34.9 Å². The number of thioether (sulfide) groups is 1. The lowest BCUT2D eigenvalue weighted by atomic mass is 9.59. The molecule has 0 aromatic heterocycles. The molecule has 1 aromatic carbocycles. The largest absolute Gasteiger partial charge is 0.427 e. The summed E-state index contributed by atoms with van der Waals surface area (Å²) in [6.07, 6.45) is -0.787. The number of hydrogen-bond donors (Lipinski definition) is 1. The Morgan fingerprint density at radius 2 is 1.83 bits per heavy atom. The highest BCUT2D eigenvalue weighted by Gasteiger charge is 2.62. The van der Waals surface area contributed by atoms with Gasteiger partial charge < -0.3 is 14.6 Å². The molecule has 2 aliphatic carbocycles. The summed E-state index contributed by atoms with van der Waals surface area (Å²) in [5, 5.41) is 10.4. The van der Waals surface area contributed by atoms with Crippen LogP contribution < -0.4 is 0 Å². The second kappa shape index (κ2) is 10.3. The number of carbonyl (C=O) groups is 3. The first-order chi connectivity index (χ1) is 16.9. The van der Waals surface area contributed by atoms with Crippen molar-refractivity contribution in [3.63, 3.8) is 0 Å². The van der Waals surface area contributed by atoms with E-state index in [0.717, 1.165) is 23.6 Å². The smallest absolute Gasteiger partial charge is 0.338 e. The zero-order valence-corrected chi connectivity index (χ0v) is 22.1. The number of allylic oxidation sites excluding steroid dienone is 1. The molecule has 1 heterocycles. The zero-order chi connectivity index (χ0) is 26.4. The first-order valence-electron chi connectivity index (χ1n) is 12.3. The van der Waals surface area contributed by atoms with E-state index in [1.54, 1.807) is 51.6 Å². The Morgan fingerprint density at radius 1 is 1.19 bits per heavy atom. The summed E-state index contributed by atoms with van der Waals surface area (Å²) in [5.74, 6) is -2.82. The van der Waals surface area contributed by atoms with E-state index in [9.17, 15) is 23.9 Å². The molecular formula is C27H34FNO6S. The number of halogens is 1. The number of hydrogen-bond acceptors (Lipinski definition) is 8. The van der Waals surface area contributed by atoms with Crippen LogP contribution in [0.3, 0.4) is 0 Å². The maximum Gasteiger partial charge on any atom is 0.338 e. The van der Waals surface area contributed by atoms with Crippen LogP contribution in [-0.2, 0) is 30.4 Å². The van der Waals surface area contributed by atoms with Gasteiger partial charge in [0.2, 0.25) is 6.79 Å². The number of likely N-dealkylation sites (tertiary alicyclic amines) is 1. The molecule has 0 spiro atoms. The molecule has 0 amide bonds. The predicted octanol–water partition coefficient (Wildman–Crippen LogP) is 3.55. The summed E-state index contributed by atoms with van der Waals surface area (Å²) >= 11 is 1.60. The minimum absolute atomic E-state index is 0.0666. The predicted molar refractivity (Wildman–Crippen MR) is 133 cm³/mol. The van der Waals surface area contributed by atoms with Gasteiger partial charge in [-0.1, -0.05) is 19.1 Å². The second-order valence-corrected chi connectivity index (χ2v) is 12.4. The number of esters is 2. The van der Waals surface area contributed by atoms with Crippen LogP contribution in [0.2, 0.25) is 0 Å². The molecule has 2 fully saturated rings. The van der Waals surface area contributed by atoms with Crippen molar-refractivity contribution in [2.45, 2.75) is 52.5 Å².